The maximum absolute atomic E-state index is 5.63. The van der Waals surface area contributed by atoms with Gasteiger partial charge < -0.3 is 9.47 Å². The highest BCUT2D eigenvalue weighted by molar-refractivity contribution is 5.44. The van der Waals surface area contributed by atoms with Crippen LogP contribution < -0.4 is 9.47 Å². The van der Waals surface area contributed by atoms with Crippen molar-refractivity contribution in [2.75, 3.05) is 20.8 Å². The van der Waals surface area contributed by atoms with E-state index in [1.165, 1.54) is 5.56 Å². The van der Waals surface area contributed by atoms with E-state index in [2.05, 4.69) is 44.7 Å². The molecule has 1 aliphatic rings. The molecule has 1 unspecified atom stereocenters. The van der Waals surface area contributed by atoms with Crippen LogP contribution in [0.5, 0.6) is 11.5 Å². The molecular weight excluding hydrogens is 330 g/mol. The molecule has 3 aromatic rings. The number of aromatic nitrogens is 4. The van der Waals surface area contributed by atoms with Gasteiger partial charge in [0.2, 0.25) is 0 Å². The van der Waals surface area contributed by atoms with Gasteiger partial charge in [-0.25, -0.2) is 4.68 Å². The average Bonchev–Trinajstić information content (AvgIpc) is 3.17. The summed E-state index contributed by atoms with van der Waals surface area (Å²) < 4.78 is 12.9. The highest BCUT2D eigenvalue weighted by atomic mass is 16.5. The van der Waals surface area contributed by atoms with E-state index in [4.69, 9.17) is 9.47 Å². The molecule has 1 aliphatic heterocycles. The third-order valence-corrected chi connectivity index (χ3v) is 4.73. The highest BCUT2D eigenvalue weighted by Gasteiger charge is 2.34. The van der Waals surface area contributed by atoms with Crippen molar-refractivity contribution in [3.8, 4) is 11.5 Å². The molecule has 2 heterocycles. The zero-order valence-corrected chi connectivity index (χ0v) is 14.9. The second kappa shape index (κ2) is 7.13. The Labute approximate surface area is 152 Å². The SMILES string of the molecule is COc1ccc(OC)c(C2c3nnnn3CCN2Cc2ccccc2)c1. The molecule has 0 radical (unpaired) electrons. The predicted molar refractivity (Wildman–Crippen MR) is 96.1 cm³/mol. The number of fused-ring (bicyclic) bond motifs is 1. The van der Waals surface area contributed by atoms with Crippen molar-refractivity contribution >= 4 is 0 Å². The number of benzene rings is 2. The third kappa shape index (κ3) is 3.01. The molecule has 2 aromatic carbocycles. The number of rotatable bonds is 5. The largest absolute Gasteiger partial charge is 0.497 e. The van der Waals surface area contributed by atoms with Gasteiger partial charge in [0.1, 0.15) is 17.5 Å². The van der Waals surface area contributed by atoms with Gasteiger partial charge in [-0.1, -0.05) is 30.3 Å². The molecule has 0 N–H and O–H groups in total. The first-order valence-electron chi connectivity index (χ1n) is 8.56. The van der Waals surface area contributed by atoms with Gasteiger partial charge in [-0.05, 0) is 34.2 Å². The molecule has 1 aromatic heterocycles. The molecule has 7 nitrogen and oxygen atoms in total. The van der Waals surface area contributed by atoms with E-state index in [-0.39, 0.29) is 6.04 Å². The van der Waals surface area contributed by atoms with Crippen molar-refractivity contribution in [3.05, 3.63) is 65.5 Å². The minimum absolute atomic E-state index is 0.107. The zero-order chi connectivity index (χ0) is 17.9. The third-order valence-electron chi connectivity index (χ3n) is 4.73. The maximum atomic E-state index is 5.63. The van der Waals surface area contributed by atoms with Gasteiger partial charge in [-0.15, -0.1) is 5.10 Å². The summed E-state index contributed by atoms with van der Waals surface area (Å²) >= 11 is 0. The Morgan fingerprint density at radius 2 is 1.88 bits per heavy atom. The molecule has 0 spiro atoms. The van der Waals surface area contributed by atoms with Crippen LogP contribution in [0, 0.1) is 0 Å². The summed E-state index contributed by atoms with van der Waals surface area (Å²) in [5.74, 6) is 2.40. The number of hydrogen-bond donors (Lipinski definition) is 0. The Kier molecular flexibility index (Phi) is 4.53. The summed E-state index contributed by atoms with van der Waals surface area (Å²) in [6.45, 7) is 2.41. The standard InChI is InChI=1S/C19H21N5O2/c1-25-15-8-9-17(26-2)16(12-15)18-19-20-21-22-24(19)11-10-23(18)13-14-6-4-3-5-7-14/h3-9,12,18H,10-11,13H2,1-2H3. The van der Waals surface area contributed by atoms with Gasteiger partial charge in [0.15, 0.2) is 5.82 Å². The molecule has 0 bridgehead atoms. The lowest BCUT2D eigenvalue weighted by atomic mass is 10.00. The van der Waals surface area contributed by atoms with Crippen LogP contribution in [-0.4, -0.2) is 45.9 Å². The molecule has 0 saturated carbocycles. The monoisotopic (exact) mass is 351 g/mol. The molecule has 0 aliphatic carbocycles. The van der Waals surface area contributed by atoms with Crippen molar-refractivity contribution in [2.45, 2.75) is 19.1 Å². The Morgan fingerprint density at radius 1 is 1.04 bits per heavy atom. The summed E-state index contributed by atoms with van der Waals surface area (Å²) in [4.78, 5) is 2.37. The minimum Gasteiger partial charge on any atom is -0.497 e. The molecule has 26 heavy (non-hydrogen) atoms. The molecule has 7 heteroatoms. The van der Waals surface area contributed by atoms with Gasteiger partial charge in [-0.2, -0.15) is 0 Å². The Balaban J connectivity index is 1.79. The lowest BCUT2D eigenvalue weighted by Gasteiger charge is -2.35. The topological polar surface area (TPSA) is 65.3 Å². The summed E-state index contributed by atoms with van der Waals surface area (Å²) in [7, 11) is 3.34. The molecule has 0 saturated heterocycles. The van der Waals surface area contributed by atoms with Gasteiger partial charge in [0, 0.05) is 18.7 Å². The first-order chi connectivity index (χ1) is 12.8. The van der Waals surface area contributed by atoms with Crippen LogP contribution in [-0.2, 0) is 13.1 Å². The lowest BCUT2D eigenvalue weighted by Crippen LogP contribution is -2.39. The summed E-state index contributed by atoms with van der Waals surface area (Å²) in [5, 5.41) is 12.3. The van der Waals surface area contributed by atoms with Crippen LogP contribution in [0.25, 0.3) is 0 Å². The van der Waals surface area contributed by atoms with E-state index < -0.39 is 0 Å². The molecule has 0 amide bonds. The fourth-order valence-corrected chi connectivity index (χ4v) is 3.46. The zero-order valence-electron chi connectivity index (χ0n) is 14.9. The summed E-state index contributed by atoms with van der Waals surface area (Å²) in [6.07, 6.45) is 0. The fraction of sp³-hybridized carbons (Fsp3) is 0.316. The summed E-state index contributed by atoms with van der Waals surface area (Å²) in [6, 6.07) is 16.1. The van der Waals surface area contributed by atoms with E-state index in [1.807, 2.05) is 28.9 Å². The molecule has 1 atom stereocenters. The fourth-order valence-electron chi connectivity index (χ4n) is 3.46. The van der Waals surface area contributed by atoms with Crippen LogP contribution in [0.15, 0.2) is 48.5 Å². The van der Waals surface area contributed by atoms with Crippen molar-refractivity contribution in [1.82, 2.24) is 25.1 Å². The normalized spacial score (nSPS) is 16.9. The second-order valence-electron chi connectivity index (χ2n) is 6.23. The number of tetrazole rings is 1. The predicted octanol–water partition coefficient (Wildman–Crippen LogP) is 2.30. The summed E-state index contributed by atoms with van der Waals surface area (Å²) in [5.41, 5.74) is 2.25. The van der Waals surface area contributed by atoms with E-state index in [0.717, 1.165) is 42.5 Å². The number of ether oxygens (including phenoxy) is 2. The molecule has 0 fully saturated rings. The van der Waals surface area contributed by atoms with Gasteiger partial charge in [0.25, 0.3) is 0 Å². The van der Waals surface area contributed by atoms with Gasteiger partial charge >= 0.3 is 0 Å². The van der Waals surface area contributed by atoms with Gasteiger partial charge in [-0.3, -0.25) is 4.90 Å². The van der Waals surface area contributed by atoms with Crippen molar-refractivity contribution in [2.24, 2.45) is 0 Å². The van der Waals surface area contributed by atoms with E-state index in [1.54, 1.807) is 14.2 Å². The van der Waals surface area contributed by atoms with Crippen LogP contribution in [0.2, 0.25) is 0 Å². The molecule has 4 rings (SSSR count). The first kappa shape index (κ1) is 16.5. The first-order valence-corrected chi connectivity index (χ1v) is 8.56. The molecular formula is C19H21N5O2. The lowest BCUT2D eigenvalue weighted by molar-refractivity contribution is 0.161. The molecule has 134 valence electrons. The minimum atomic E-state index is -0.107. The highest BCUT2D eigenvalue weighted by Crippen LogP contribution is 2.38. The van der Waals surface area contributed by atoms with E-state index >= 15 is 0 Å². The van der Waals surface area contributed by atoms with Crippen LogP contribution >= 0.6 is 0 Å². The smallest absolute Gasteiger partial charge is 0.173 e. The van der Waals surface area contributed by atoms with Crippen molar-refractivity contribution in [1.29, 1.82) is 0 Å². The second-order valence-corrected chi connectivity index (χ2v) is 6.23. The van der Waals surface area contributed by atoms with Gasteiger partial charge in [0.05, 0.1) is 20.8 Å². The quantitative estimate of drug-likeness (QED) is 0.703. The van der Waals surface area contributed by atoms with Crippen LogP contribution in [0.1, 0.15) is 23.0 Å². The van der Waals surface area contributed by atoms with Crippen molar-refractivity contribution < 1.29 is 9.47 Å². The Morgan fingerprint density at radius 3 is 2.65 bits per heavy atom. The number of nitrogens with zero attached hydrogens (tertiary/aromatic N) is 5. The maximum Gasteiger partial charge on any atom is 0.173 e. The van der Waals surface area contributed by atoms with E-state index in [9.17, 15) is 0 Å². The van der Waals surface area contributed by atoms with Crippen LogP contribution in [0.3, 0.4) is 0 Å². The van der Waals surface area contributed by atoms with E-state index in [0.29, 0.717) is 0 Å². The van der Waals surface area contributed by atoms with Crippen molar-refractivity contribution in [3.63, 3.8) is 0 Å². The Hall–Kier alpha value is -2.93. The number of methoxy groups -OCH3 is 2. The average molecular weight is 351 g/mol. The van der Waals surface area contributed by atoms with Crippen LogP contribution in [0.4, 0.5) is 0 Å². The number of hydrogen-bond acceptors (Lipinski definition) is 6. The Bertz CT molecular complexity index is 881.